The van der Waals surface area contributed by atoms with Gasteiger partial charge in [0.15, 0.2) is 0 Å². The van der Waals surface area contributed by atoms with Crippen molar-refractivity contribution in [3.8, 4) is 0 Å². The van der Waals surface area contributed by atoms with Crippen LogP contribution in [-0.4, -0.2) is 4.98 Å². The van der Waals surface area contributed by atoms with E-state index in [4.69, 9.17) is 6.85 Å². The van der Waals surface area contributed by atoms with E-state index in [9.17, 15) is 4.39 Å². The van der Waals surface area contributed by atoms with Crippen LogP contribution in [0.1, 0.15) is 12.4 Å². The van der Waals surface area contributed by atoms with Crippen LogP contribution in [0.15, 0.2) is 16.8 Å². The Hall–Kier alpha value is -0.440. The summed E-state index contributed by atoms with van der Waals surface area (Å²) >= 11 is 2.75. The maximum absolute atomic E-state index is 13.3. The summed E-state index contributed by atoms with van der Waals surface area (Å²) in [6.45, 7) is -2.68. The number of nitrogens with zero attached hydrogens (tertiary/aromatic N) is 1. The third kappa shape index (κ3) is 1.27. The lowest BCUT2D eigenvalue weighted by Gasteiger charge is -1.94. The summed E-state index contributed by atoms with van der Waals surface area (Å²) in [5, 5.41) is 0. The minimum Gasteiger partial charge on any atom is -0.249 e. The van der Waals surface area contributed by atoms with Gasteiger partial charge < -0.3 is 0 Å². The summed E-state index contributed by atoms with van der Waals surface area (Å²) in [5.41, 5.74) is -0.654. The van der Waals surface area contributed by atoms with E-state index in [1.54, 1.807) is 0 Å². The van der Waals surface area contributed by atoms with E-state index in [2.05, 4.69) is 20.9 Å². The number of hydrogen-bond donors (Lipinski definition) is 0. The van der Waals surface area contributed by atoms with Crippen molar-refractivity contribution in [3.63, 3.8) is 0 Å². The first kappa shape index (κ1) is 2.66. The van der Waals surface area contributed by atoms with Crippen molar-refractivity contribution in [1.82, 2.24) is 4.98 Å². The van der Waals surface area contributed by atoms with E-state index in [0.29, 0.717) is 0 Å². The highest BCUT2D eigenvalue weighted by Crippen LogP contribution is 2.13. The zero-order valence-electron chi connectivity index (χ0n) is 9.20. The highest BCUT2D eigenvalue weighted by atomic mass is 79.9. The molecule has 1 aromatic heterocycles. The monoisotopic (exact) mass is 194 g/mol. The van der Waals surface area contributed by atoms with Gasteiger partial charge in [-0.1, -0.05) is 0 Å². The van der Waals surface area contributed by atoms with Gasteiger partial charge in [0.2, 0.25) is 0 Å². The molecule has 0 fully saturated rings. The van der Waals surface area contributed by atoms with E-state index >= 15 is 0 Å². The molecule has 0 N–H and O–H groups in total. The molecule has 0 saturated heterocycles. The van der Waals surface area contributed by atoms with E-state index < -0.39 is 30.4 Å². The molecule has 0 bridgehead atoms. The average Bonchev–Trinajstić information content (AvgIpc) is 1.97. The molecular weight excluding hydrogens is 185 g/mol. The fourth-order valence-corrected chi connectivity index (χ4v) is 0.598. The zero-order valence-corrected chi connectivity index (χ0v) is 5.79. The molecule has 1 rings (SSSR count). The van der Waals surface area contributed by atoms with Gasteiger partial charge in [-0.25, -0.2) is 9.37 Å². The standard InChI is InChI=1S/C6H5BrFN/c1-4-5(8)2-3-9-6(4)7/h2-3H,1H3/i1D3,2D,3D. The third-order valence-corrected chi connectivity index (χ3v) is 1.32. The van der Waals surface area contributed by atoms with Crippen molar-refractivity contribution in [3.05, 3.63) is 28.2 Å². The summed E-state index contributed by atoms with van der Waals surface area (Å²) in [6.07, 6.45) is -0.595. The second-order valence-corrected chi connectivity index (χ2v) is 2.08. The van der Waals surface area contributed by atoms with Crippen molar-refractivity contribution >= 4 is 15.9 Å². The third-order valence-electron chi connectivity index (χ3n) is 0.745. The van der Waals surface area contributed by atoms with Gasteiger partial charge in [0.05, 0.1) is 2.74 Å². The topological polar surface area (TPSA) is 12.9 Å². The summed E-state index contributed by atoms with van der Waals surface area (Å²) < 4.78 is 48.1. The van der Waals surface area contributed by atoms with E-state index in [0.717, 1.165) is 0 Å². The Bertz CT molecular complexity index is 377. The van der Waals surface area contributed by atoms with Crippen LogP contribution in [0.3, 0.4) is 0 Å². The maximum atomic E-state index is 13.3. The molecule has 0 aliphatic carbocycles. The van der Waals surface area contributed by atoms with Crippen LogP contribution >= 0.6 is 15.9 Å². The molecular formula is C6H5BrFN. The van der Waals surface area contributed by atoms with Crippen molar-refractivity contribution in [2.24, 2.45) is 0 Å². The summed E-state index contributed by atoms with van der Waals surface area (Å²) in [4.78, 5) is 3.40. The summed E-state index contributed by atoms with van der Waals surface area (Å²) in [5.74, 6) is -1.23. The molecule has 0 amide bonds. The molecule has 1 heterocycles. The predicted octanol–water partition coefficient (Wildman–Crippen LogP) is 2.29. The Kier molecular flexibility index (Phi) is 0.720. The van der Waals surface area contributed by atoms with Crippen LogP contribution in [-0.2, 0) is 0 Å². The van der Waals surface area contributed by atoms with Crippen molar-refractivity contribution < 1.29 is 11.2 Å². The lowest BCUT2D eigenvalue weighted by molar-refractivity contribution is 0.614. The second kappa shape index (κ2) is 2.43. The molecule has 0 atom stereocenters. The molecule has 3 heteroatoms. The molecule has 0 aliphatic heterocycles. The normalized spacial score (nSPS) is 19.1. The van der Waals surface area contributed by atoms with Gasteiger partial charge in [-0.3, -0.25) is 0 Å². The molecule has 0 spiro atoms. The molecule has 0 aromatic carbocycles. The number of aromatic nitrogens is 1. The number of hydrogen-bond acceptors (Lipinski definition) is 1. The van der Waals surface area contributed by atoms with Crippen LogP contribution in [0.4, 0.5) is 4.39 Å². The number of halogens is 2. The fourth-order valence-electron chi connectivity index (χ4n) is 0.335. The van der Waals surface area contributed by atoms with Gasteiger partial charge in [0.1, 0.15) is 10.4 Å². The van der Waals surface area contributed by atoms with E-state index in [-0.39, 0.29) is 4.60 Å². The van der Waals surface area contributed by atoms with E-state index in [1.165, 1.54) is 0 Å². The highest BCUT2D eigenvalue weighted by Gasteiger charge is 1.98. The minimum absolute atomic E-state index is 0.254. The van der Waals surface area contributed by atoms with Crippen molar-refractivity contribution in [2.45, 2.75) is 6.85 Å². The second-order valence-electron chi connectivity index (χ2n) is 1.33. The largest absolute Gasteiger partial charge is 0.249 e. The molecule has 0 saturated carbocycles. The lowest BCUT2D eigenvalue weighted by atomic mass is 10.3. The highest BCUT2D eigenvalue weighted by molar-refractivity contribution is 9.10. The quantitative estimate of drug-likeness (QED) is 0.578. The first-order valence-corrected chi connectivity index (χ1v) is 2.87. The zero-order chi connectivity index (χ0) is 11.1. The van der Waals surface area contributed by atoms with Crippen molar-refractivity contribution in [2.75, 3.05) is 0 Å². The van der Waals surface area contributed by atoms with Gasteiger partial charge >= 0.3 is 0 Å². The number of pyridine rings is 1. The molecule has 9 heavy (non-hydrogen) atoms. The van der Waals surface area contributed by atoms with Gasteiger partial charge in [-0.15, -0.1) is 0 Å². The van der Waals surface area contributed by atoms with Gasteiger partial charge in [-0.2, -0.15) is 0 Å². The van der Waals surface area contributed by atoms with Gasteiger partial charge in [0.25, 0.3) is 0 Å². The lowest BCUT2D eigenvalue weighted by Crippen LogP contribution is -1.84. The molecule has 1 nitrogen and oxygen atoms in total. The van der Waals surface area contributed by atoms with Crippen LogP contribution in [0.5, 0.6) is 0 Å². The van der Waals surface area contributed by atoms with Crippen molar-refractivity contribution in [1.29, 1.82) is 0 Å². The molecule has 0 radical (unpaired) electrons. The Balaban J connectivity index is 3.53. The molecule has 1 aromatic rings. The van der Waals surface area contributed by atoms with Crippen LogP contribution in [0, 0.1) is 12.7 Å². The smallest absolute Gasteiger partial charge is 0.130 e. The number of rotatable bonds is 0. The first-order chi connectivity index (χ1) is 6.25. The van der Waals surface area contributed by atoms with Crippen LogP contribution in [0.25, 0.3) is 0 Å². The SMILES string of the molecule is [2H]c1nc(Br)c(C([2H])([2H])[2H])c(F)c1[2H]. The Morgan fingerprint density at radius 2 is 2.78 bits per heavy atom. The van der Waals surface area contributed by atoms with Gasteiger partial charge in [0, 0.05) is 15.8 Å². The summed E-state index contributed by atoms with van der Waals surface area (Å²) in [7, 11) is 0. The van der Waals surface area contributed by atoms with Gasteiger partial charge in [-0.05, 0) is 28.8 Å². The van der Waals surface area contributed by atoms with E-state index in [1.807, 2.05) is 0 Å². The average molecular weight is 195 g/mol. The fraction of sp³-hybridized carbons (Fsp3) is 0.167. The van der Waals surface area contributed by atoms with Crippen LogP contribution in [0.2, 0.25) is 0 Å². The first-order valence-electron chi connectivity index (χ1n) is 4.58. The predicted molar refractivity (Wildman–Crippen MR) is 36.6 cm³/mol. The Morgan fingerprint density at radius 3 is 3.44 bits per heavy atom. The summed E-state index contributed by atoms with van der Waals surface area (Å²) in [6, 6.07) is -0.806. The Morgan fingerprint density at radius 1 is 2.00 bits per heavy atom. The maximum Gasteiger partial charge on any atom is 0.130 e. The van der Waals surface area contributed by atoms with Crippen LogP contribution < -0.4 is 0 Å². The molecule has 0 unspecified atom stereocenters. The Labute approximate surface area is 68.1 Å². The molecule has 0 aliphatic rings. The minimum atomic E-state index is -2.68. The molecule has 48 valence electrons.